The van der Waals surface area contributed by atoms with E-state index in [2.05, 4.69) is 0 Å². The zero-order valence-electron chi connectivity index (χ0n) is 25.0. The number of fused-ring (bicyclic) bond motifs is 4. The van der Waals surface area contributed by atoms with Gasteiger partial charge in [-0.2, -0.15) is 0 Å². The number of para-hydroxylation sites is 1. The van der Waals surface area contributed by atoms with Crippen molar-refractivity contribution in [1.29, 1.82) is 0 Å². The minimum Gasteiger partial charge on any atom is -0.507 e. The number of nitrogens with zero attached hydrogens (tertiary/aromatic N) is 2. The summed E-state index contributed by atoms with van der Waals surface area (Å²) >= 11 is 6.39. The first-order chi connectivity index (χ1) is 20.9. The second-order valence-corrected chi connectivity index (χ2v) is 13.4. The van der Waals surface area contributed by atoms with Gasteiger partial charge in [-0.1, -0.05) is 59.6 Å². The van der Waals surface area contributed by atoms with Crippen LogP contribution in [-0.2, 0) is 19.2 Å². The molecule has 1 N–H and O–H groups in total. The Morgan fingerprint density at radius 2 is 1.48 bits per heavy atom. The molecule has 2 heterocycles. The van der Waals surface area contributed by atoms with Gasteiger partial charge in [0.25, 0.3) is 0 Å². The Hall–Kier alpha value is -4.23. The fraction of sp³-hybridized carbons (Fsp3) is 0.333. The lowest BCUT2D eigenvalue weighted by Crippen LogP contribution is -2.49. The molecule has 6 atom stereocenters. The molecule has 3 aromatic carbocycles. The van der Waals surface area contributed by atoms with Crippen LogP contribution in [0.4, 0.5) is 11.4 Å². The Morgan fingerprint density at radius 1 is 0.795 bits per heavy atom. The second-order valence-electron chi connectivity index (χ2n) is 12.9. The second kappa shape index (κ2) is 9.89. The highest BCUT2D eigenvalue weighted by Crippen LogP contribution is 2.64. The number of imide groups is 2. The standard InChI is InChI=1S/C36H33ClN2O5/c1-18-10-11-23(16-28(18)37)38-32(41)25-13-12-24-26(29(25)34(38)43)17-27-33(42)39(22-8-6-5-7-9-22)35(44)36(27,4)30(24)21-14-19(2)31(40)20(3)15-21/h5-12,14-16,25-27,29-30,40H,13,17H2,1-4H3/t25-,26+,27-,29-,30-,36+/m0/s1. The minimum atomic E-state index is -1.13. The number of amides is 4. The number of carbonyl (C=O) groups is 4. The van der Waals surface area contributed by atoms with E-state index in [-0.39, 0.29) is 35.8 Å². The van der Waals surface area contributed by atoms with Crippen molar-refractivity contribution >= 4 is 46.6 Å². The monoisotopic (exact) mass is 608 g/mol. The van der Waals surface area contributed by atoms with Crippen LogP contribution in [0.15, 0.2) is 72.3 Å². The van der Waals surface area contributed by atoms with Crippen LogP contribution in [0.2, 0.25) is 5.02 Å². The molecule has 44 heavy (non-hydrogen) atoms. The van der Waals surface area contributed by atoms with Gasteiger partial charge in [-0.25, -0.2) is 9.80 Å². The third kappa shape index (κ3) is 3.81. The summed E-state index contributed by atoms with van der Waals surface area (Å²) in [6.45, 7) is 7.37. The summed E-state index contributed by atoms with van der Waals surface area (Å²) in [5, 5.41) is 11.1. The summed E-state index contributed by atoms with van der Waals surface area (Å²) < 4.78 is 0. The number of allylic oxidation sites excluding steroid dienone is 2. The average molecular weight is 609 g/mol. The summed E-state index contributed by atoms with van der Waals surface area (Å²) in [6, 6.07) is 17.9. The Kier molecular flexibility index (Phi) is 6.42. The van der Waals surface area contributed by atoms with Crippen molar-refractivity contribution in [3.8, 4) is 5.75 Å². The topological polar surface area (TPSA) is 95.0 Å². The summed E-state index contributed by atoms with van der Waals surface area (Å²) in [5.41, 5.74) is 3.73. The van der Waals surface area contributed by atoms with E-state index in [4.69, 9.17) is 11.6 Å². The molecule has 3 aromatic rings. The van der Waals surface area contributed by atoms with Crippen LogP contribution in [0.3, 0.4) is 0 Å². The van der Waals surface area contributed by atoms with Gasteiger partial charge in [0.2, 0.25) is 23.6 Å². The highest BCUT2D eigenvalue weighted by molar-refractivity contribution is 6.32. The number of halogens is 1. The predicted octanol–water partition coefficient (Wildman–Crippen LogP) is 6.41. The lowest BCUT2D eigenvalue weighted by atomic mass is 9.51. The molecule has 4 aliphatic rings. The van der Waals surface area contributed by atoms with Crippen LogP contribution in [0.5, 0.6) is 5.75 Å². The number of hydrogen-bond donors (Lipinski definition) is 1. The van der Waals surface area contributed by atoms with E-state index in [1.165, 1.54) is 9.80 Å². The summed E-state index contributed by atoms with van der Waals surface area (Å²) in [6.07, 6.45) is 2.68. The van der Waals surface area contributed by atoms with E-state index < -0.39 is 35.0 Å². The Labute approximate surface area is 261 Å². The summed E-state index contributed by atoms with van der Waals surface area (Å²) in [4.78, 5) is 59.4. The highest BCUT2D eigenvalue weighted by atomic mass is 35.5. The molecule has 0 unspecified atom stereocenters. The third-order valence-corrected chi connectivity index (χ3v) is 11.0. The normalized spacial score (nSPS) is 29.5. The lowest BCUT2D eigenvalue weighted by Gasteiger charge is -2.49. The van der Waals surface area contributed by atoms with Crippen molar-refractivity contribution < 1.29 is 24.3 Å². The molecule has 7 rings (SSSR count). The van der Waals surface area contributed by atoms with Crippen LogP contribution in [0, 0.1) is 49.9 Å². The van der Waals surface area contributed by atoms with E-state index in [0.717, 1.165) is 16.7 Å². The molecule has 2 aliphatic carbocycles. The van der Waals surface area contributed by atoms with E-state index in [0.29, 0.717) is 33.9 Å². The zero-order valence-corrected chi connectivity index (χ0v) is 25.8. The number of hydrogen-bond acceptors (Lipinski definition) is 5. The predicted molar refractivity (Wildman–Crippen MR) is 167 cm³/mol. The molecule has 4 amide bonds. The largest absolute Gasteiger partial charge is 0.507 e. The Bertz CT molecular complexity index is 1790. The van der Waals surface area contributed by atoms with E-state index in [9.17, 15) is 24.3 Å². The molecule has 2 aliphatic heterocycles. The molecule has 0 spiro atoms. The molecule has 0 radical (unpaired) electrons. The number of anilines is 2. The van der Waals surface area contributed by atoms with Gasteiger partial charge in [0.1, 0.15) is 5.75 Å². The first-order valence-corrected chi connectivity index (χ1v) is 15.4. The lowest BCUT2D eigenvalue weighted by molar-refractivity contribution is -0.131. The van der Waals surface area contributed by atoms with Crippen LogP contribution in [-0.4, -0.2) is 28.7 Å². The number of carbonyl (C=O) groups excluding carboxylic acids is 4. The van der Waals surface area contributed by atoms with Crippen LogP contribution in [0.1, 0.15) is 47.9 Å². The SMILES string of the molecule is Cc1ccc(N2C(=O)[C@H]3[C@H](CC=C4[C@H]3C[C@H]3C(=O)N(c5ccccc5)C(=O)[C@@]3(C)[C@H]4c3cc(C)c(O)c(C)c3)C2=O)cc1Cl. The smallest absolute Gasteiger partial charge is 0.241 e. The van der Waals surface area contributed by atoms with E-state index in [1.54, 1.807) is 42.5 Å². The van der Waals surface area contributed by atoms with E-state index >= 15 is 0 Å². The van der Waals surface area contributed by atoms with Crippen LogP contribution < -0.4 is 9.80 Å². The zero-order chi connectivity index (χ0) is 31.2. The van der Waals surface area contributed by atoms with Crippen molar-refractivity contribution in [2.24, 2.45) is 29.1 Å². The fourth-order valence-corrected chi connectivity index (χ4v) is 8.52. The number of phenolic OH excluding ortho intramolecular Hbond substituents is 1. The molecule has 0 bridgehead atoms. The quantitative estimate of drug-likeness (QED) is 0.274. The Balaban J connectivity index is 1.38. The molecule has 2 saturated heterocycles. The molecule has 7 nitrogen and oxygen atoms in total. The third-order valence-electron chi connectivity index (χ3n) is 10.5. The van der Waals surface area contributed by atoms with E-state index in [1.807, 2.05) is 52.0 Å². The van der Waals surface area contributed by atoms with Gasteiger partial charge in [-0.05, 0) is 93.0 Å². The maximum absolute atomic E-state index is 14.5. The molecule has 1 saturated carbocycles. The highest BCUT2D eigenvalue weighted by Gasteiger charge is 2.67. The first-order valence-electron chi connectivity index (χ1n) is 15.0. The van der Waals surface area contributed by atoms with Crippen LogP contribution >= 0.6 is 11.6 Å². The van der Waals surface area contributed by atoms with Crippen molar-refractivity contribution in [3.05, 3.63) is 99.6 Å². The molecular formula is C36H33ClN2O5. The molecular weight excluding hydrogens is 576 g/mol. The number of rotatable bonds is 3. The molecule has 0 aromatic heterocycles. The van der Waals surface area contributed by atoms with Gasteiger partial charge < -0.3 is 5.11 Å². The maximum Gasteiger partial charge on any atom is 0.241 e. The minimum absolute atomic E-state index is 0.184. The number of phenols is 1. The molecule has 8 heteroatoms. The number of aromatic hydroxyl groups is 1. The van der Waals surface area contributed by atoms with Crippen molar-refractivity contribution in [1.82, 2.24) is 0 Å². The molecule has 224 valence electrons. The van der Waals surface area contributed by atoms with Gasteiger partial charge >= 0.3 is 0 Å². The van der Waals surface area contributed by atoms with Gasteiger partial charge in [0.15, 0.2) is 0 Å². The fourth-order valence-electron chi connectivity index (χ4n) is 8.35. The van der Waals surface area contributed by atoms with Gasteiger partial charge in [-0.3, -0.25) is 19.2 Å². The Morgan fingerprint density at radius 3 is 2.14 bits per heavy atom. The van der Waals surface area contributed by atoms with Crippen molar-refractivity contribution in [2.75, 3.05) is 9.80 Å². The average Bonchev–Trinajstić information content (AvgIpc) is 3.37. The van der Waals surface area contributed by atoms with Gasteiger partial charge in [-0.15, -0.1) is 0 Å². The van der Waals surface area contributed by atoms with Crippen LogP contribution in [0.25, 0.3) is 0 Å². The summed E-state index contributed by atoms with van der Waals surface area (Å²) in [7, 11) is 0. The first kappa shape index (κ1) is 28.5. The van der Waals surface area contributed by atoms with Crippen molar-refractivity contribution in [3.63, 3.8) is 0 Å². The van der Waals surface area contributed by atoms with Gasteiger partial charge in [0, 0.05) is 10.9 Å². The van der Waals surface area contributed by atoms with Crippen molar-refractivity contribution in [2.45, 2.75) is 46.5 Å². The number of aryl methyl sites for hydroxylation is 3. The molecule has 3 fully saturated rings. The number of benzene rings is 3. The van der Waals surface area contributed by atoms with Gasteiger partial charge in [0.05, 0.1) is 34.5 Å². The summed E-state index contributed by atoms with van der Waals surface area (Å²) in [5.74, 6) is -3.83. The maximum atomic E-state index is 14.5.